The molecule has 2 atom stereocenters. The molecule has 2 N–H and O–H groups in total. The minimum Gasteiger partial charge on any atom is -0.497 e. The Bertz CT molecular complexity index is 654. The van der Waals surface area contributed by atoms with Crippen LogP contribution in [-0.4, -0.2) is 30.8 Å². The van der Waals surface area contributed by atoms with Crippen LogP contribution in [0.15, 0.2) is 36.4 Å². The summed E-state index contributed by atoms with van der Waals surface area (Å²) < 4.78 is 5.22. The van der Waals surface area contributed by atoms with Crippen molar-refractivity contribution in [2.75, 3.05) is 13.7 Å². The number of ether oxygens (including phenoxy) is 1. The van der Waals surface area contributed by atoms with E-state index in [0.717, 1.165) is 22.1 Å². The van der Waals surface area contributed by atoms with E-state index < -0.39 is 6.10 Å². The van der Waals surface area contributed by atoms with E-state index in [1.165, 1.54) is 0 Å². The van der Waals surface area contributed by atoms with Gasteiger partial charge in [0.05, 0.1) is 19.1 Å². The summed E-state index contributed by atoms with van der Waals surface area (Å²) in [6, 6.07) is 11.9. The van der Waals surface area contributed by atoms with E-state index in [2.05, 4.69) is 5.32 Å². The molecule has 0 aromatic heterocycles. The highest BCUT2D eigenvalue weighted by molar-refractivity contribution is 5.88. The van der Waals surface area contributed by atoms with Gasteiger partial charge in [-0.3, -0.25) is 4.79 Å². The zero-order chi connectivity index (χ0) is 16.1. The van der Waals surface area contributed by atoms with Gasteiger partial charge in [-0.2, -0.15) is 0 Å². The molecule has 118 valence electrons. The monoisotopic (exact) mass is 301 g/mol. The third-order valence-electron chi connectivity index (χ3n) is 3.95. The first-order valence-corrected chi connectivity index (χ1v) is 7.58. The highest BCUT2D eigenvalue weighted by Gasteiger charge is 2.16. The molecule has 2 aromatic rings. The molecule has 0 radical (unpaired) electrons. The Kier molecular flexibility index (Phi) is 5.39. The summed E-state index contributed by atoms with van der Waals surface area (Å²) in [5.41, 5.74) is 0.959. The van der Waals surface area contributed by atoms with Crippen molar-refractivity contribution in [3.8, 4) is 5.75 Å². The standard InChI is InChI=1S/C18H23NO3/c1-4-16(20)11-19-18(21)12(2)13-5-6-15-10-17(22-3)8-7-14(15)9-13/h5-10,12,16,20H,4,11H2,1-3H3,(H,19,21). The molecule has 0 saturated heterocycles. The summed E-state index contributed by atoms with van der Waals surface area (Å²) in [5, 5.41) is 14.5. The van der Waals surface area contributed by atoms with Gasteiger partial charge in [0.2, 0.25) is 5.91 Å². The molecule has 0 saturated carbocycles. The molecule has 0 bridgehead atoms. The van der Waals surface area contributed by atoms with Crippen LogP contribution in [0.3, 0.4) is 0 Å². The van der Waals surface area contributed by atoms with Gasteiger partial charge in [-0.15, -0.1) is 0 Å². The molecular weight excluding hydrogens is 278 g/mol. The highest BCUT2D eigenvalue weighted by atomic mass is 16.5. The summed E-state index contributed by atoms with van der Waals surface area (Å²) in [5.74, 6) is 0.496. The summed E-state index contributed by atoms with van der Waals surface area (Å²) in [7, 11) is 1.65. The van der Waals surface area contributed by atoms with E-state index in [4.69, 9.17) is 4.74 Å². The number of carbonyl (C=O) groups excluding carboxylic acids is 1. The number of aliphatic hydroxyl groups excluding tert-OH is 1. The maximum Gasteiger partial charge on any atom is 0.227 e. The van der Waals surface area contributed by atoms with Gasteiger partial charge in [0.25, 0.3) is 0 Å². The van der Waals surface area contributed by atoms with Crippen LogP contribution in [0.5, 0.6) is 5.75 Å². The number of carbonyl (C=O) groups is 1. The van der Waals surface area contributed by atoms with Crippen molar-refractivity contribution in [1.29, 1.82) is 0 Å². The molecule has 0 spiro atoms. The molecule has 2 unspecified atom stereocenters. The van der Waals surface area contributed by atoms with Crippen LogP contribution in [-0.2, 0) is 4.79 Å². The second kappa shape index (κ2) is 7.27. The first-order valence-electron chi connectivity index (χ1n) is 7.58. The van der Waals surface area contributed by atoms with Crippen molar-refractivity contribution in [3.63, 3.8) is 0 Å². The van der Waals surface area contributed by atoms with Gasteiger partial charge >= 0.3 is 0 Å². The van der Waals surface area contributed by atoms with Crippen LogP contribution < -0.4 is 10.1 Å². The van der Waals surface area contributed by atoms with Gasteiger partial charge in [-0.05, 0) is 41.8 Å². The topological polar surface area (TPSA) is 58.6 Å². The summed E-state index contributed by atoms with van der Waals surface area (Å²) >= 11 is 0. The molecule has 4 nitrogen and oxygen atoms in total. The number of hydrogen-bond donors (Lipinski definition) is 2. The van der Waals surface area contributed by atoms with Crippen LogP contribution in [0, 0.1) is 0 Å². The van der Waals surface area contributed by atoms with Crippen molar-refractivity contribution < 1.29 is 14.6 Å². The van der Waals surface area contributed by atoms with E-state index in [1.807, 2.05) is 50.2 Å². The van der Waals surface area contributed by atoms with Crippen molar-refractivity contribution in [1.82, 2.24) is 5.32 Å². The van der Waals surface area contributed by atoms with E-state index >= 15 is 0 Å². The highest BCUT2D eigenvalue weighted by Crippen LogP contribution is 2.25. The van der Waals surface area contributed by atoms with Crippen molar-refractivity contribution in [3.05, 3.63) is 42.0 Å². The lowest BCUT2D eigenvalue weighted by Gasteiger charge is -2.15. The number of nitrogens with one attached hydrogen (secondary N) is 1. The predicted octanol–water partition coefficient (Wildman–Crippen LogP) is 2.84. The Hall–Kier alpha value is -2.07. The fraction of sp³-hybridized carbons (Fsp3) is 0.389. The van der Waals surface area contributed by atoms with Crippen LogP contribution in [0.1, 0.15) is 31.7 Å². The summed E-state index contributed by atoms with van der Waals surface area (Å²) in [6.45, 7) is 4.06. The predicted molar refractivity (Wildman–Crippen MR) is 88.2 cm³/mol. The van der Waals surface area contributed by atoms with E-state index in [-0.39, 0.29) is 11.8 Å². The number of aliphatic hydroxyl groups is 1. The zero-order valence-corrected chi connectivity index (χ0v) is 13.3. The molecule has 0 fully saturated rings. The fourth-order valence-corrected chi connectivity index (χ4v) is 2.31. The van der Waals surface area contributed by atoms with Crippen LogP contribution >= 0.6 is 0 Å². The van der Waals surface area contributed by atoms with E-state index in [9.17, 15) is 9.90 Å². The molecule has 2 aromatic carbocycles. The quantitative estimate of drug-likeness (QED) is 0.862. The van der Waals surface area contributed by atoms with Gasteiger partial charge in [-0.25, -0.2) is 0 Å². The number of methoxy groups -OCH3 is 1. The van der Waals surface area contributed by atoms with Gasteiger partial charge in [0.1, 0.15) is 5.75 Å². The van der Waals surface area contributed by atoms with Crippen molar-refractivity contribution >= 4 is 16.7 Å². The molecule has 22 heavy (non-hydrogen) atoms. The Labute approximate surface area is 131 Å². The number of rotatable bonds is 6. The Morgan fingerprint density at radius 1 is 1.23 bits per heavy atom. The molecule has 1 amide bonds. The van der Waals surface area contributed by atoms with E-state index in [1.54, 1.807) is 7.11 Å². The van der Waals surface area contributed by atoms with Crippen LogP contribution in [0.4, 0.5) is 0 Å². The lowest BCUT2D eigenvalue weighted by Crippen LogP contribution is -2.34. The van der Waals surface area contributed by atoms with Crippen molar-refractivity contribution in [2.45, 2.75) is 32.3 Å². The lowest BCUT2D eigenvalue weighted by atomic mass is 9.97. The first kappa shape index (κ1) is 16.3. The van der Waals surface area contributed by atoms with Crippen molar-refractivity contribution in [2.24, 2.45) is 0 Å². The minimum absolute atomic E-state index is 0.0691. The zero-order valence-electron chi connectivity index (χ0n) is 13.3. The number of fused-ring (bicyclic) bond motifs is 1. The third kappa shape index (κ3) is 3.77. The number of hydrogen-bond acceptors (Lipinski definition) is 3. The minimum atomic E-state index is -0.486. The summed E-state index contributed by atoms with van der Waals surface area (Å²) in [6.07, 6.45) is 0.146. The van der Waals surface area contributed by atoms with Gasteiger partial charge in [0.15, 0.2) is 0 Å². The van der Waals surface area contributed by atoms with Crippen LogP contribution in [0.2, 0.25) is 0 Å². The number of benzene rings is 2. The molecular formula is C18H23NO3. The maximum atomic E-state index is 12.2. The second-order valence-electron chi connectivity index (χ2n) is 5.50. The van der Waals surface area contributed by atoms with Gasteiger partial charge < -0.3 is 15.2 Å². The molecule has 2 rings (SSSR count). The normalized spacial score (nSPS) is 13.6. The second-order valence-corrected chi connectivity index (χ2v) is 5.50. The summed E-state index contributed by atoms with van der Waals surface area (Å²) in [4.78, 5) is 12.2. The first-order chi connectivity index (χ1) is 10.5. The van der Waals surface area contributed by atoms with Crippen LogP contribution in [0.25, 0.3) is 10.8 Å². The molecule has 4 heteroatoms. The van der Waals surface area contributed by atoms with Gasteiger partial charge in [0, 0.05) is 6.54 Å². The molecule has 0 aliphatic carbocycles. The number of amides is 1. The fourth-order valence-electron chi connectivity index (χ4n) is 2.31. The van der Waals surface area contributed by atoms with Gasteiger partial charge in [-0.1, -0.05) is 31.2 Å². The largest absolute Gasteiger partial charge is 0.497 e. The Balaban J connectivity index is 2.14. The lowest BCUT2D eigenvalue weighted by molar-refractivity contribution is -0.122. The average Bonchev–Trinajstić information content (AvgIpc) is 2.57. The molecule has 0 aliphatic heterocycles. The Morgan fingerprint density at radius 3 is 2.59 bits per heavy atom. The van der Waals surface area contributed by atoms with E-state index in [0.29, 0.717) is 13.0 Å². The average molecular weight is 301 g/mol. The molecule has 0 aliphatic rings. The smallest absolute Gasteiger partial charge is 0.227 e. The molecule has 0 heterocycles. The Morgan fingerprint density at radius 2 is 1.91 bits per heavy atom. The SMILES string of the molecule is CCC(O)CNC(=O)C(C)c1ccc2cc(OC)ccc2c1. The third-order valence-corrected chi connectivity index (χ3v) is 3.95. The maximum absolute atomic E-state index is 12.2.